The molecule has 0 aliphatic carbocycles. The second-order valence-corrected chi connectivity index (χ2v) is 4.99. The van der Waals surface area contributed by atoms with Crippen LogP contribution in [0.25, 0.3) is 5.69 Å². The average molecular weight is 289 g/mol. The van der Waals surface area contributed by atoms with Crippen molar-refractivity contribution in [1.29, 1.82) is 0 Å². The number of hydrogen-bond donors (Lipinski definition) is 1. The van der Waals surface area contributed by atoms with Gasteiger partial charge in [-0.1, -0.05) is 31.2 Å². The summed E-state index contributed by atoms with van der Waals surface area (Å²) in [5, 5.41) is 16.8. The van der Waals surface area contributed by atoms with Gasteiger partial charge in [-0.2, -0.15) is 0 Å². The summed E-state index contributed by atoms with van der Waals surface area (Å²) in [5.41, 5.74) is 2.36. The van der Waals surface area contributed by atoms with Crippen molar-refractivity contribution in [2.75, 3.05) is 6.61 Å². The maximum Gasteiger partial charge on any atom is 0.358 e. The summed E-state index contributed by atoms with van der Waals surface area (Å²) >= 11 is 0. The van der Waals surface area contributed by atoms with Crippen LogP contribution in [0.5, 0.6) is 0 Å². The molecule has 2 aromatic rings. The van der Waals surface area contributed by atoms with E-state index in [1.54, 1.807) is 0 Å². The molecule has 0 saturated carbocycles. The highest BCUT2D eigenvalue weighted by molar-refractivity contribution is 5.86. The molecule has 0 saturated heterocycles. The standard InChI is InChI=1S/C15H19N3O3/c1-4-21-9-13-14(15(19)20)16-17-18(13)12-7-5-11(6-8-12)10(2)3/h5-8,10H,4,9H2,1-3H3,(H,19,20). The number of ether oxygens (including phenoxy) is 1. The number of nitrogens with zero attached hydrogens (tertiary/aromatic N) is 3. The number of hydrogen-bond acceptors (Lipinski definition) is 4. The lowest BCUT2D eigenvalue weighted by Crippen LogP contribution is -2.09. The van der Waals surface area contributed by atoms with Crippen LogP contribution in [0.3, 0.4) is 0 Å². The zero-order chi connectivity index (χ0) is 15.4. The van der Waals surface area contributed by atoms with Crippen molar-refractivity contribution in [2.24, 2.45) is 0 Å². The van der Waals surface area contributed by atoms with E-state index in [1.807, 2.05) is 31.2 Å². The molecule has 0 atom stereocenters. The highest BCUT2D eigenvalue weighted by Gasteiger charge is 2.20. The molecule has 6 heteroatoms. The fraction of sp³-hybridized carbons (Fsp3) is 0.400. The molecular weight excluding hydrogens is 270 g/mol. The molecule has 1 aromatic heterocycles. The van der Waals surface area contributed by atoms with Gasteiger partial charge in [-0.05, 0) is 30.5 Å². The van der Waals surface area contributed by atoms with E-state index in [4.69, 9.17) is 4.74 Å². The van der Waals surface area contributed by atoms with Crippen LogP contribution < -0.4 is 0 Å². The largest absolute Gasteiger partial charge is 0.476 e. The molecule has 0 bridgehead atoms. The van der Waals surface area contributed by atoms with Crippen LogP contribution in [-0.4, -0.2) is 32.7 Å². The number of carbonyl (C=O) groups is 1. The van der Waals surface area contributed by atoms with Gasteiger partial charge in [0.25, 0.3) is 0 Å². The van der Waals surface area contributed by atoms with Gasteiger partial charge in [-0.25, -0.2) is 9.48 Å². The van der Waals surface area contributed by atoms with Crippen molar-refractivity contribution in [3.8, 4) is 5.69 Å². The minimum atomic E-state index is -1.10. The molecule has 0 aliphatic rings. The summed E-state index contributed by atoms with van der Waals surface area (Å²) in [5.74, 6) is -0.665. The van der Waals surface area contributed by atoms with Gasteiger partial charge in [-0.15, -0.1) is 5.10 Å². The third kappa shape index (κ3) is 3.28. The predicted octanol–water partition coefficient (Wildman–Crippen LogP) is 2.63. The van der Waals surface area contributed by atoms with Crippen molar-refractivity contribution >= 4 is 5.97 Å². The van der Waals surface area contributed by atoms with Gasteiger partial charge in [0.1, 0.15) is 5.69 Å². The van der Waals surface area contributed by atoms with E-state index < -0.39 is 5.97 Å². The van der Waals surface area contributed by atoms with Crippen molar-refractivity contribution in [3.05, 3.63) is 41.2 Å². The number of rotatable bonds is 6. The van der Waals surface area contributed by atoms with Gasteiger partial charge in [0.15, 0.2) is 5.69 Å². The molecule has 112 valence electrons. The quantitative estimate of drug-likeness (QED) is 0.884. The molecular formula is C15H19N3O3. The van der Waals surface area contributed by atoms with Crippen molar-refractivity contribution < 1.29 is 14.6 Å². The molecule has 0 spiro atoms. The Morgan fingerprint density at radius 3 is 2.52 bits per heavy atom. The van der Waals surface area contributed by atoms with Crippen molar-refractivity contribution in [2.45, 2.75) is 33.3 Å². The fourth-order valence-electron chi connectivity index (χ4n) is 2.00. The molecule has 2 rings (SSSR count). The SMILES string of the molecule is CCOCc1c(C(=O)O)nnn1-c1ccc(C(C)C)cc1. The molecule has 0 amide bonds. The molecule has 0 radical (unpaired) electrons. The van der Waals surface area contributed by atoms with Crippen molar-refractivity contribution in [3.63, 3.8) is 0 Å². The Bertz CT molecular complexity index is 618. The zero-order valence-corrected chi connectivity index (χ0v) is 12.4. The first kappa shape index (κ1) is 15.2. The Hall–Kier alpha value is -2.21. The Balaban J connectivity index is 2.40. The summed E-state index contributed by atoms with van der Waals surface area (Å²) in [4.78, 5) is 11.2. The van der Waals surface area contributed by atoms with Gasteiger partial charge in [0.2, 0.25) is 0 Å². The molecule has 0 aliphatic heterocycles. The normalized spacial score (nSPS) is 11.0. The Morgan fingerprint density at radius 2 is 2.00 bits per heavy atom. The smallest absolute Gasteiger partial charge is 0.358 e. The number of carboxylic acids is 1. The Kier molecular flexibility index (Phi) is 4.70. The highest BCUT2D eigenvalue weighted by atomic mass is 16.5. The molecule has 6 nitrogen and oxygen atoms in total. The van der Waals surface area contributed by atoms with E-state index in [2.05, 4.69) is 24.2 Å². The summed E-state index contributed by atoms with van der Waals surface area (Å²) in [6, 6.07) is 7.83. The Morgan fingerprint density at radius 1 is 1.33 bits per heavy atom. The zero-order valence-electron chi connectivity index (χ0n) is 12.4. The van der Waals surface area contributed by atoms with Crippen LogP contribution in [0.2, 0.25) is 0 Å². The number of benzene rings is 1. The lowest BCUT2D eigenvalue weighted by Gasteiger charge is -2.09. The fourth-order valence-corrected chi connectivity index (χ4v) is 2.00. The minimum absolute atomic E-state index is 0.0728. The van der Waals surface area contributed by atoms with Crippen LogP contribution in [0.4, 0.5) is 0 Å². The third-order valence-electron chi connectivity index (χ3n) is 3.21. The lowest BCUT2D eigenvalue weighted by molar-refractivity contribution is 0.0681. The van der Waals surface area contributed by atoms with Gasteiger partial charge in [0.05, 0.1) is 12.3 Å². The van der Waals surface area contributed by atoms with Gasteiger partial charge < -0.3 is 9.84 Å². The van der Waals surface area contributed by atoms with E-state index in [9.17, 15) is 9.90 Å². The van der Waals surface area contributed by atoms with E-state index in [0.29, 0.717) is 18.2 Å². The van der Waals surface area contributed by atoms with E-state index in [-0.39, 0.29) is 12.3 Å². The molecule has 0 unspecified atom stereocenters. The van der Waals surface area contributed by atoms with Gasteiger partial charge >= 0.3 is 5.97 Å². The van der Waals surface area contributed by atoms with E-state index in [1.165, 1.54) is 10.2 Å². The molecule has 0 fully saturated rings. The number of aromatic nitrogens is 3. The summed E-state index contributed by atoms with van der Waals surface area (Å²) in [7, 11) is 0. The molecule has 1 aromatic carbocycles. The third-order valence-corrected chi connectivity index (χ3v) is 3.21. The van der Waals surface area contributed by atoms with Crippen molar-refractivity contribution in [1.82, 2.24) is 15.0 Å². The summed E-state index contributed by atoms with van der Waals surface area (Å²) in [6.07, 6.45) is 0. The monoisotopic (exact) mass is 289 g/mol. The van der Waals surface area contributed by atoms with Gasteiger partial charge in [0, 0.05) is 6.61 Å². The second kappa shape index (κ2) is 6.49. The summed E-state index contributed by atoms with van der Waals surface area (Å²) < 4.78 is 6.85. The second-order valence-electron chi connectivity index (χ2n) is 4.99. The van der Waals surface area contributed by atoms with Crippen LogP contribution in [-0.2, 0) is 11.3 Å². The number of carboxylic acid groups (broad SMARTS) is 1. The molecule has 1 N–H and O–H groups in total. The first-order chi connectivity index (χ1) is 10.0. The van der Waals surface area contributed by atoms with E-state index in [0.717, 1.165) is 5.69 Å². The number of aromatic carboxylic acids is 1. The summed E-state index contributed by atoms with van der Waals surface area (Å²) in [6.45, 7) is 6.75. The molecule has 21 heavy (non-hydrogen) atoms. The lowest BCUT2D eigenvalue weighted by atomic mass is 10.0. The van der Waals surface area contributed by atoms with Crippen LogP contribution >= 0.6 is 0 Å². The predicted molar refractivity (Wildman–Crippen MR) is 77.7 cm³/mol. The van der Waals surface area contributed by atoms with Crippen LogP contribution in [0.1, 0.15) is 48.4 Å². The van der Waals surface area contributed by atoms with E-state index >= 15 is 0 Å². The van der Waals surface area contributed by atoms with Gasteiger partial charge in [-0.3, -0.25) is 0 Å². The highest BCUT2D eigenvalue weighted by Crippen LogP contribution is 2.19. The molecule has 1 heterocycles. The van der Waals surface area contributed by atoms with Crippen LogP contribution in [0, 0.1) is 0 Å². The maximum atomic E-state index is 11.2. The topological polar surface area (TPSA) is 77.2 Å². The Labute approximate surface area is 123 Å². The maximum absolute atomic E-state index is 11.2. The minimum Gasteiger partial charge on any atom is -0.476 e. The first-order valence-electron chi connectivity index (χ1n) is 6.90. The first-order valence-corrected chi connectivity index (χ1v) is 6.90. The average Bonchev–Trinajstić information content (AvgIpc) is 2.89. The van der Waals surface area contributed by atoms with Crippen LogP contribution in [0.15, 0.2) is 24.3 Å².